The van der Waals surface area contributed by atoms with Gasteiger partial charge in [-0.2, -0.15) is 0 Å². The van der Waals surface area contributed by atoms with Crippen LogP contribution in [0.5, 0.6) is 0 Å². The molecule has 0 amide bonds. The molecule has 13 heavy (non-hydrogen) atoms. The highest BCUT2D eigenvalue weighted by molar-refractivity contribution is 5.98. The Morgan fingerprint density at radius 3 is 2.54 bits per heavy atom. The number of nitrogen functional groups attached to an aromatic ring is 2. The first-order chi connectivity index (χ1) is 6.15. The second-order valence-electron chi connectivity index (χ2n) is 2.70. The summed E-state index contributed by atoms with van der Waals surface area (Å²) in [5, 5.41) is 0. The SMILES string of the molecule is CCN=C(N)c1ccc(N)c(N)c1. The zero-order valence-corrected chi connectivity index (χ0v) is 7.62. The molecular formula is C9H14N4. The van der Waals surface area contributed by atoms with Crippen molar-refractivity contribution in [1.82, 2.24) is 0 Å². The molecule has 0 fully saturated rings. The number of nitrogens with zero attached hydrogens (tertiary/aromatic N) is 1. The summed E-state index contributed by atoms with van der Waals surface area (Å²) in [4.78, 5) is 4.06. The summed E-state index contributed by atoms with van der Waals surface area (Å²) < 4.78 is 0. The molecule has 0 aromatic heterocycles. The fraction of sp³-hybridized carbons (Fsp3) is 0.222. The molecular weight excluding hydrogens is 164 g/mol. The molecule has 0 bridgehead atoms. The first-order valence-electron chi connectivity index (χ1n) is 4.10. The first-order valence-corrected chi connectivity index (χ1v) is 4.10. The zero-order chi connectivity index (χ0) is 9.84. The van der Waals surface area contributed by atoms with E-state index in [4.69, 9.17) is 17.2 Å². The lowest BCUT2D eigenvalue weighted by Gasteiger charge is -2.03. The third-order valence-electron chi connectivity index (χ3n) is 1.71. The average molecular weight is 178 g/mol. The molecule has 0 unspecified atom stereocenters. The maximum atomic E-state index is 5.68. The Morgan fingerprint density at radius 1 is 1.31 bits per heavy atom. The van der Waals surface area contributed by atoms with Gasteiger partial charge in [0.2, 0.25) is 0 Å². The summed E-state index contributed by atoms with van der Waals surface area (Å²) in [5.41, 5.74) is 18.8. The van der Waals surface area contributed by atoms with Crippen LogP contribution in [0.15, 0.2) is 23.2 Å². The van der Waals surface area contributed by atoms with E-state index in [0.29, 0.717) is 23.8 Å². The third-order valence-corrected chi connectivity index (χ3v) is 1.71. The Balaban J connectivity index is 3.04. The number of nitrogens with two attached hydrogens (primary N) is 3. The molecule has 1 rings (SSSR count). The smallest absolute Gasteiger partial charge is 0.125 e. The zero-order valence-electron chi connectivity index (χ0n) is 7.62. The van der Waals surface area contributed by atoms with Crippen molar-refractivity contribution in [2.45, 2.75) is 6.92 Å². The van der Waals surface area contributed by atoms with Crippen LogP contribution >= 0.6 is 0 Å². The highest BCUT2D eigenvalue weighted by Gasteiger charge is 2.00. The number of hydrogen-bond acceptors (Lipinski definition) is 3. The summed E-state index contributed by atoms with van der Waals surface area (Å²) in [6.07, 6.45) is 0. The maximum absolute atomic E-state index is 5.68. The topological polar surface area (TPSA) is 90.4 Å². The Labute approximate surface area is 77.4 Å². The monoisotopic (exact) mass is 178 g/mol. The minimum atomic E-state index is 0.495. The van der Waals surface area contributed by atoms with E-state index in [1.54, 1.807) is 18.2 Å². The highest BCUT2D eigenvalue weighted by Crippen LogP contribution is 2.15. The minimum Gasteiger partial charge on any atom is -0.397 e. The molecule has 1 aromatic rings. The van der Waals surface area contributed by atoms with Gasteiger partial charge in [-0.25, -0.2) is 0 Å². The van der Waals surface area contributed by atoms with E-state index >= 15 is 0 Å². The Hall–Kier alpha value is -1.71. The maximum Gasteiger partial charge on any atom is 0.125 e. The molecule has 70 valence electrons. The number of hydrogen-bond donors (Lipinski definition) is 3. The molecule has 0 saturated carbocycles. The molecule has 4 nitrogen and oxygen atoms in total. The van der Waals surface area contributed by atoms with Gasteiger partial charge in [0.05, 0.1) is 11.4 Å². The predicted molar refractivity (Wildman–Crippen MR) is 56.5 cm³/mol. The van der Waals surface area contributed by atoms with Crippen molar-refractivity contribution in [3.05, 3.63) is 23.8 Å². The number of aliphatic imine (C=N–C) groups is 1. The number of benzene rings is 1. The summed E-state index contributed by atoms with van der Waals surface area (Å²) in [7, 11) is 0. The van der Waals surface area contributed by atoms with Crippen molar-refractivity contribution in [3.8, 4) is 0 Å². The van der Waals surface area contributed by atoms with Gasteiger partial charge in [-0.3, -0.25) is 4.99 Å². The summed E-state index contributed by atoms with van der Waals surface area (Å²) in [6.45, 7) is 2.59. The summed E-state index contributed by atoms with van der Waals surface area (Å²) >= 11 is 0. The molecule has 0 aliphatic rings. The van der Waals surface area contributed by atoms with Crippen LogP contribution in [-0.4, -0.2) is 12.4 Å². The normalized spacial score (nSPS) is 11.6. The van der Waals surface area contributed by atoms with Crippen LogP contribution in [0.2, 0.25) is 0 Å². The minimum absolute atomic E-state index is 0.495. The Kier molecular flexibility index (Phi) is 2.74. The van der Waals surface area contributed by atoms with Gasteiger partial charge in [-0.1, -0.05) is 0 Å². The van der Waals surface area contributed by atoms with Gasteiger partial charge in [0.15, 0.2) is 0 Å². The van der Waals surface area contributed by atoms with Crippen LogP contribution in [0.25, 0.3) is 0 Å². The van der Waals surface area contributed by atoms with Gasteiger partial charge < -0.3 is 17.2 Å². The van der Waals surface area contributed by atoms with E-state index in [1.165, 1.54) is 0 Å². The Morgan fingerprint density at radius 2 is 2.00 bits per heavy atom. The fourth-order valence-corrected chi connectivity index (χ4v) is 0.996. The average Bonchev–Trinajstić information content (AvgIpc) is 2.10. The van der Waals surface area contributed by atoms with Gasteiger partial charge in [0.25, 0.3) is 0 Å². The molecule has 0 spiro atoms. The van der Waals surface area contributed by atoms with Gasteiger partial charge in [-0.15, -0.1) is 0 Å². The van der Waals surface area contributed by atoms with E-state index in [9.17, 15) is 0 Å². The van der Waals surface area contributed by atoms with Crippen LogP contribution in [0.4, 0.5) is 11.4 Å². The van der Waals surface area contributed by atoms with Crippen LogP contribution in [0.1, 0.15) is 12.5 Å². The van der Waals surface area contributed by atoms with Gasteiger partial charge in [0, 0.05) is 12.1 Å². The second kappa shape index (κ2) is 3.80. The quantitative estimate of drug-likeness (QED) is 0.351. The van der Waals surface area contributed by atoms with Crippen molar-refractivity contribution in [2.24, 2.45) is 10.7 Å². The molecule has 0 aliphatic heterocycles. The van der Waals surface area contributed by atoms with E-state index in [0.717, 1.165) is 5.56 Å². The predicted octanol–water partition coefficient (Wildman–Crippen LogP) is 0.576. The van der Waals surface area contributed by atoms with E-state index in [-0.39, 0.29) is 0 Å². The first kappa shape index (κ1) is 9.38. The van der Waals surface area contributed by atoms with Crippen molar-refractivity contribution in [3.63, 3.8) is 0 Å². The van der Waals surface area contributed by atoms with Crippen LogP contribution < -0.4 is 17.2 Å². The second-order valence-corrected chi connectivity index (χ2v) is 2.70. The molecule has 0 aliphatic carbocycles. The molecule has 6 N–H and O–H groups in total. The van der Waals surface area contributed by atoms with Crippen molar-refractivity contribution in [1.29, 1.82) is 0 Å². The standard InChI is InChI=1S/C9H14N4/c1-2-13-9(12)6-3-4-7(10)8(11)5-6/h3-5H,2,10-11H2,1H3,(H2,12,13). The van der Waals surface area contributed by atoms with Crippen molar-refractivity contribution < 1.29 is 0 Å². The number of anilines is 2. The summed E-state index contributed by atoms with van der Waals surface area (Å²) in [5.74, 6) is 0.495. The van der Waals surface area contributed by atoms with Gasteiger partial charge in [-0.05, 0) is 25.1 Å². The van der Waals surface area contributed by atoms with Crippen LogP contribution in [0.3, 0.4) is 0 Å². The molecule has 0 saturated heterocycles. The van der Waals surface area contributed by atoms with E-state index < -0.39 is 0 Å². The molecule has 0 atom stereocenters. The van der Waals surface area contributed by atoms with E-state index in [1.807, 2.05) is 6.92 Å². The molecule has 0 heterocycles. The lowest BCUT2D eigenvalue weighted by molar-refractivity contribution is 1.12. The molecule has 4 heteroatoms. The number of amidine groups is 1. The lowest BCUT2D eigenvalue weighted by atomic mass is 10.1. The van der Waals surface area contributed by atoms with Crippen LogP contribution in [0, 0.1) is 0 Å². The fourth-order valence-electron chi connectivity index (χ4n) is 0.996. The molecule has 0 radical (unpaired) electrons. The highest BCUT2D eigenvalue weighted by atomic mass is 14.8. The van der Waals surface area contributed by atoms with Crippen molar-refractivity contribution >= 4 is 17.2 Å². The summed E-state index contributed by atoms with van der Waals surface area (Å²) in [6, 6.07) is 5.26. The number of rotatable bonds is 2. The van der Waals surface area contributed by atoms with Crippen LogP contribution in [-0.2, 0) is 0 Å². The third kappa shape index (κ3) is 2.11. The molecule has 1 aromatic carbocycles. The van der Waals surface area contributed by atoms with E-state index in [2.05, 4.69) is 4.99 Å². The largest absolute Gasteiger partial charge is 0.397 e. The van der Waals surface area contributed by atoms with Gasteiger partial charge >= 0.3 is 0 Å². The van der Waals surface area contributed by atoms with Crippen molar-refractivity contribution in [2.75, 3.05) is 18.0 Å². The Bertz CT molecular complexity index is 330. The lowest BCUT2D eigenvalue weighted by Crippen LogP contribution is -2.14. The van der Waals surface area contributed by atoms with Gasteiger partial charge in [0.1, 0.15) is 5.84 Å².